The Morgan fingerprint density at radius 2 is 2.12 bits per heavy atom. The van der Waals surface area contributed by atoms with Gasteiger partial charge in [0.15, 0.2) is 16.6 Å². The van der Waals surface area contributed by atoms with Gasteiger partial charge in [-0.3, -0.25) is 0 Å². The maximum absolute atomic E-state index is 6.10. The van der Waals surface area contributed by atoms with E-state index in [4.69, 9.17) is 11.6 Å². The molecule has 1 saturated heterocycles. The Labute approximate surface area is 106 Å². The van der Waals surface area contributed by atoms with Gasteiger partial charge in [0.2, 0.25) is 0 Å². The van der Waals surface area contributed by atoms with Crippen LogP contribution in [0.2, 0.25) is 5.15 Å². The first-order valence-electron chi connectivity index (χ1n) is 4.98. The number of fused-ring (bicyclic) bond motifs is 1. The molecule has 0 aromatic carbocycles. The second-order valence-corrected chi connectivity index (χ2v) is 4.95. The normalized spacial score (nSPS) is 15.2. The Hall–Kier alpha value is -0.940. The van der Waals surface area contributed by atoms with E-state index in [0.29, 0.717) is 16.3 Å². The highest BCUT2D eigenvalue weighted by molar-refractivity contribution is 9.10. The number of anilines is 1. The van der Waals surface area contributed by atoms with Gasteiger partial charge in [-0.25, -0.2) is 15.0 Å². The molecule has 0 bridgehead atoms. The van der Waals surface area contributed by atoms with E-state index >= 15 is 0 Å². The van der Waals surface area contributed by atoms with Crippen molar-refractivity contribution in [3.05, 3.63) is 21.9 Å². The molecule has 1 aliphatic heterocycles. The van der Waals surface area contributed by atoms with E-state index in [-0.39, 0.29) is 0 Å². The van der Waals surface area contributed by atoms with Gasteiger partial charge in [0.1, 0.15) is 5.52 Å². The molecule has 82 valence electrons. The summed E-state index contributed by atoms with van der Waals surface area (Å²) in [6.07, 6.45) is 2.90. The van der Waals surface area contributed by atoms with Gasteiger partial charge in [0.25, 0.3) is 0 Å². The lowest BCUT2D eigenvalue weighted by atomic mass is 10.2. The van der Waals surface area contributed by atoms with E-state index in [1.807, 2.05) is 6.07 Å². The van der Waals surface area contributed by atoms with Crippen molar-refractivity contribution < 1.29 is 0 Å². The molecule has 0 N–H and O–H groups in total. The quantitative estimate of drug-likeness (QED) is 0.812. The standard InChI is InChI=1S/C10H8BrClN4/c11-6-4-7-9(13-5-6)15-10(8(12)14-7)16-2-1-3-16/h4-5H,1-3H2. The lowest BCUT2D eigenvalue weighted by molar-refractivity contribution is 0.609. The molecule has 0 radical (unpaired) electrons. The molecule has 4 nitrogen and oxygen atoms in total. The zero-order valence-corrected chi connectivity index (χ0v) is 10.7. The summed E-state index contributed by atoms with van der Waals surface area (Å²) in [5.74, 6) is 0.746. The van der Waals surface area contributed by atoms with Crippen molar-refractivity contribution in [1.29, 1.82) is 0 Å². The van der Waals surface area contributed by atoms with Crippen molar-refractivity contribution in [3.63, 3.8) is 0 Å². The Morgan fingerprint density at radius 1 is 1.31 bits per heavy atom. The average molecular weight is 300 g/mol. The topological polar surface area (TPSA) is 41.9 Å². The van der Waals surface area contributed by atoms with Crippen LogP contribution in [-0.4, -0.2) is 28.0 Å². The molecular formula is C10H8BrClN4. The number of pyridine rings is 1. The molecule has 0 atom stereocenters. The zero-order chi connectivity index (χ0) is 11.1. The van der Waals surface area contributed by atoms with E-state index in [2.05, 4.69) is 35.8 Å². The lowest BCUT2D eigenvalue weighted by Gasteiger charge is -2.32. The van der Waals surface area contributed by atoms with Crippen molar-refractivity contribution in [2.45, 2.75) is 6.42 Å². The summed E-state index contributed by atoms with van der Waals surface area (Å²) in [6, 6.07) is 1.86. The van der Waals surface area contributed by atoms with Crippen LogP contribution in [0.4, 0.5) is 5.82 Å². The third-order valence-corrected chi connectivity index (χ3v) is 3.27. The fourth-order valence-electron chi connectivity index (χ4n) is 1.62. The number of rotatable bonds is 1. The third kappa shape index (κ3) is 1.64. The van der Waals surface area contributed by atoms with Gasteiger partial charge in [0.05, 0.1) is 0 Å². The van der Waals surface area contributed by atoms with E-state index in [9.17, 15) is 0 Å². The maximum Gasteiger partial charge on any atom is 0.180 e. The van der Waals surface area contributed by atoms with Crippen LogP contribution in [0.15, 0.2) is 16.7 Å². The molecule has 0 aliphatic carbocycles. The second kappa shape index (κ2) is 3.82. The van der Waals surface area contributed by atoms with Crippen LogP contribution in [0.3, 0.4) is 0 Å². The van der Waals surface area contributed by atoms with Crippen molar-refractivity contribution >= 4 is 44.5 Å². The number of hydrogen-bond donors (Lipinski definition) is 0. The first-order chi connectivity index (χ1) is 7.74. The van der Waals surface area contributed by atoms with Crippen LogP contribution in [0, 0.1) is 0 Å². The van der Waals surface area contributed by atoms with Crippen LogP contribution in [-0.2, 0) is 0 Å². The second-order valence-electron chi connectivity index (χ2n) is 3.67. The van der Waals surface area contributed by atoms with Gasteiger partial charge in [0, 0.05) is 23.8 Å². The summed E-state index contributed by atoms with van der Waals surface area (Å²) in [5.41, 5.74) is 1.35. The summed E-state index contributed by atoms with van der Waals surface area (Å²) in [7, 11) is 0. The largest absolute Gasteiger partial charge is 0.354 e. The monoisotopic (exact) mass is 298 g/mol. The van der Waals surface area contributed by atoms with Gasteiger partial charge in [-0.15, -0.1) is 0 Å². The summed E-state index contributed by atoms with van der Waals surface area (Å²) in [4.78, 5) is 15.1. The van der Waals surface area contributed by atoms with Crippen LogP contribution in [0.1, 0.15) is 6.42 Å². The van der Waals surface area contributed by atoms with Gasteiger partial charge in [-0.1, -0.05) is 11.6 Å². The average Bonchev–Trinajstić information content (AvgIpc) is 2.16. The number of nitrogens with zero attached hydrogens (tertiary/aromatic N) is 4. The number of hydrogen-bond acceptors (Lipinski definition) is 4. The molecule has 0 amide bonds. The molecule has 3 heterocycles. The van der Waals surface area contributed by atoms with Crippen LogP contribution in [0.5, 0.6) is 0 Å². The Kier molecular flexibility index (Phi) is 2.44. The van der Waals surface area contributed by atoms with E-state index in [1.54, 1.807) is 6.20 Å². The molecule has 2 aromatic rings. The molecule has 0 saturated carbocycles. The number of halogens is 2. The minimum atomic E-state index is 0.451. The summed E-state index contributed by atoms with van der Waals surface area (Å²) in [5, 5.41) is 0.451. The van der Waals surface area contributed by atoms with Crippen LogP contribution >= 0.6 is 27.5 Å². The molecule has 1 aliphatic rings. The highest BCUT2D eigenvalue weighted by Gasteiger charge is 2.20. The molecule has 0 spiro atoms. The molecule has 0 unspecified atom stereocenters. The molecule has 1 fully saturated rings. The van der Waals surface area contributed by atoms with E-state index < -0.39 is 0 Å². The van der Waals surface area contributed by atoms with Gasteiger partial charge < -0.3 is 4.90 Å². The Balaban J connectivity index is 2.17. The highest BCUT2D eigenvalue weighted by Crippen LogP contribution is 2.27. The first kappa shape index (κ1) is 10.2. The Morgan fingerprint density at radius 3 is 2.81 bits per heavy atom. The first-order valence-corrected chi connectivity index (χ1v) is 6.15. The summed E-state index contributed by atoms with van der Waals surface area (Å²) >= 11 is 9.45. The van der Waals surface area contributed by atoms with Crippen LogP contribution in [0.25, 0.3) is 11.2 Å². The van der Waals surface area contributed by atoms with Gasteiger partial charge >= 0.3 is 0 Å². The molecule has 6 heteroatoms. The van der Waals surface area contributed by atoms with Crippen molar-refractivity contribution in [1.82, 2.24) is 15.0 Å². The summed E-state index contributed by atoms with van der Waals surface area (Å²) in [6.45, 7) is 1.99. The third-order valence-electron chi connectivity index (χ3n) is 2.58. The fraction of sp³-hybridized carbons (Fsp3) is 0.300. The molecule has 3 rings (SSSR count). The maximum atomic E-state index is 6.10. The van der Waals surface area contributed by atoms with Crippen molar-refractivity contribution in [3.8, 4) is 0 Å². The van der Waals surface area contributed by atoms with Crippen molar-refractivity contribution in [2.24, 2.45) is 0 Å². The van der Waals surface area contributed by atoms with E-state index in [0.717, 1.165) is 23.4 Å². The minimum Gasteiger partial charge on any atom is -0.354 e. The van der Waals surface area contributed by atoms with Gasteiger partial charge in [-0.05, 0) is 28.4 Å². The summed E-state index contributed by atoms with van der Waals surface area (Å²) < 4.78 is 0.877. The predicted molar refractivity (Wildman–Crippen MR) is 66.9 cm³/mol. The van der Waals surface area contributed by atoms with Crippen LogP contribution < -0.4 is 4.90 Å². The lowest BCUT2D eigenvalue weighted by Crippen LogP contribution is -2.38. The molecular weight excluding hydrogens is 291 g/mol. The molecule has 16 heavy (non-hydrogen) atoms. The van der Waals surface area contributed by atoms with Crippen molar-refractivity contribution in [2.75, 3.05) is 18.0 Å². The minimum absolute atomic E-state index is 0.451. The van der Waals surface area contributed by atoms with Gasteiger partial charge in [-0.2, -0.15) is 0 Å². The zero-order valence-electron chi connectivity index (χ0n) is 8.32. The smallest absolute Gasteiger partial charge is 0.180 e. The van der Waals surface area contributed by atoms with E-state index in [1.165, 1.54) is 6.42 Å². The predicted octanol–water partition coefficient (Wildman–Crippen LogP) is 2.65. The Bertz CT molecular complexity index is 556. The molecule has 2 aromatic heterocycles. The fourth-order valence-corrected chi connectivity index (χ4v) is 2.19. The number of aromatic nitrogens is 3. The SMILES string of the molecule is Clc1nc2cc(Br)cnc2nc1N1CCC1. The highest BCUT2D eigenvalue weighted by atomic mass is 79.9.